The first kappa shape index (κ1) is 16.9. The summed E-state index contributed by atoms with van der Waals surface area (Å²) in [6.07, 6.45) is 5.48. The highest BCUT2D eigenvalue weighted by Crippen LogP contribution is 2.27. The van der Waals surface area contributed by atoms with E-state index >= 15 is 0 Å². The van der Waals surface area contributed by atoms with Crippen molar-refractivity contribution in [2.24, 2.45) is 11.7 Å². The molecule has 0 aliphatic heterocycles. The number of hydroxylamine groups is 1. The van der Waals surface area contributed by atoms with E-state index < -0.39 is 18.1 Å². The second-order valence-electron chi connectivity index (χ2n) is 6.09. The van der Waals surface area contributed by atoms with Gasteiger partial charge in [-0.15, -0.1) is 0 Å². The number of benzene rings is 1. The summed E-state index contributed by atoms with van der Waals surface area (Å²) < 4.78 is 0. The van der Waals surface area contributed by atoms with Crippen LogP contribution in [0.3, 0.4) is 0 Å². The minimum atomic E-state index is -1.22. The summed E-state index contributed by atoms with van der Waals surface area (Å²) in [4.78, 5) is 17.0. The van der Waals surface area contributed by atoms with E-state index in [9.17, 15) is 9.90 Å². The van der Waals surface area contributed by atoms with Gasteiger partial charge in [0.15, 0.2) is 0 Å². The van der Waals surface area contributed by atoms with Crippen molar-refractivity contribution >= 4 is 5.91 Å². The van der Waals surface area contributed by atoms with Crippen LogP contribution in [0.5, 0.6) is 0 Å². The SMILES string of the molecule is NC(CC1CCCCC1)C(O)C(=O)NOCc1ccccc1. The molecule has 0 heterocycles. The molecule has 1 amide bonds. The smallest absolute Gasteiger partial charge is 0.273 e. The Morgan fingerprint density at radius 3 is 2.64 bits per heavy atom. The van der Waals surface area contributed by atoms with Crippen LogP contribution in [-0.2, 0) is 16.2 Å². The lowest BCUT2D eigenvalue weighted by Crippen LogP contribution is -2.47. The van der Waals surface area contributed by atoms with Gasteiger partial charge in [-0.25, -0.2) is 5.48 Å². The molecule has 0 spiro atoms. The van der Waals surface area contributed by atoms with E-state index in [0.717, 1.165) is 18.4 Å². The molecule has 1 aliphatic rings. The van der Waals surface area contributed by atoms with E-state index in [4.69, 9.17) is 10.6 Å². The Morgan fingerprint density at radius 2 is 1.95 bits per heavy atom. The maximum atomic E-state index is 11.9. The van der Waals surface area contributed by atoms with Gasteiger partial charge < -0.3 is 10.8 Å². The van der Waals surface area contributed by atoms with Crippen LogP contribution in [0, 0.1) is 5.92 Å². The van der Waals surface area contributed by atoms with Gasteiger partial charge in [-0.1, -0.05) is 62.4 Å². The van der Waals surface area contributed by atoms with Crippen molar-refractivity contribution in [2.75, 3.05) is 0 Å². The number of carbonyl (C=O) groups is 1. The number of aliphatic hydroxyl groups excluding tert-OH is 1. The van der Waals surface area contributed by atoms with Crippen LogP contribution >= 0.6 is 0 Å². The zero-order valence-corrected chi connectivity index (χ0v) is 12.9. The van der Waals surface area contributed by atoms with Crippen LogP contribution in [0.2, 0.25) is 0 Å². The number of hydrogen-bond acceptors (Lipinski definition) is 4. The molecule has 2 rings (SSSR count). The molecular weight excluding hydrogens is 280 g/mol. The molecule has 0 bridgehead atoms. The molecule has 2 atom stereocenters. The number of nitrogens with two attached hydrogens (primary N) is 1. The first-order chi connectivity index (χ1) is 10.7. The quantitative estimate of drug-likeness (QED) is 0.672. The van der Waals surface area contributed by atoms with E-state index in [1.54, 1.807) is 0 Å². The monoisotopic (exact) mass is 306 g/mol. The first-order valence-electron chi connectivity index (χ1n) is 8.06. The molecule has 4 N–H and O–H groups in total. The van der Waals surface area contributed by atoms with Gasteiger partial charge in [-0.2, -0.15) is 0 Å². The van der Waals surface area contributed by atoms with Gasteiger partial charge in [0, 0.05) is 6.04 Å². The van der Waals surface area contributed by atoms with Gasteiger partial charge >= 0.3 is 0 Å². The van der Waals surface area contributed by atoms with Crippen LogP contribution in [0.1, 0.15) is 44.1 Å². The number of rotatable bonds is 7. The van der Waals surface area contributed by atoms with Gasteiger partial charge in [-0.3, -0.25) is 9.63 Å². The van der Waals surface area contributed by atoms with Crippen molar-refractivity contribution in [3.63, 3.8) is 0 Å². The molecule has 0 saturated heterocycles. The second-order valence-corrected chi connectivity index (χ2v) is 6.09. The molecule has 1 saturated carbocycles. The van der Waals surface area contributed by atoms with Crippen molar-refractivity contribution in [2.45, 2.75) is 57.3 Å². The second kappa shape index (κ2) is 8.88. The molecule has 5 nitrogen and oxygen atoms in total. The predicted octanol–water partition coefficient (Wildman–Crippen LogP) is 1.89. The van der Waals surface area contributed by atoms with Crippen molar-refractivity contribution in [1.29, 1.82) is 0 Å². The number of hydrogen-bond donors (Lipinski definition) is 3. The van der Waals surface area contributed by atoms with Crippen LogP contribution in [-0.4, -0.2) is 23.2 Å². The summed E-state index contributed by atoms with van der Waals surface area (Å²) in [7, 11) is 0. The zero-order chi connectivity index (χ0) is 15.8. The fourth-order valence-electron chi connectivity index (χ4n) is 2.96. The number of aliphatic hydroxyl groups is 1. The van der Waals surface area contributed by atoms with E-state index in [-0.39, 0.29) is 6.61 Å². The molecule has 2 unspecified atom stereocenters. The Morgan fingerprint density at radius 1 is 1.27 bits per heavy atom. The minimum absolute atomic E-state index is 0.261. The highest BCUT2D eigenvalue weighted by molar-refractivity contribution is 5.80. The lowest BCUT2D eigenvalue weighted by molar-refractivity contribution is -0.144. The predicted molar refractivity (Wildman–Crippen MR) is 84.5 cm³/mol. The van der Waals surface area contributed by atoms with Crippen molar-refractivity contribution in [3.8, 4) is 0 Å². The fraction of sp³-hybridized carbons (Fsp3) is 0.588. The minimum Gasteiger partial charge on any atom is -0.382 e. The fourth-order valence-corrected chi connectivity index (χ4v) is 2.96. The molecule has 0 radical (unpaired) electrons. The van der Waals surface area contributed by atoms with E-state index in [2.05, 4.69) is 5.48 Å². The summed E-state index contributed by atoms with van der Waals surface area (Å²) in [5.41, 5.74) is 9.19. The van der Waals surface area contributed by atoms with Crippen LogP contribution < -0.4 is 11.2 Å². The molecule has 5 heteroatoms. The van der Waals surface area contributed by atoms with Crippen molar-refractivity contribution < 1.29 is 14.7 Å². The Kier molecular flexibility index (Phi) is 6.83. The lowest BCUT2D eigenvalue weighted by Gasteiger charge is -2.26. The zero-order valence-electron chi connectivity index (χ0n) is 12.9. The molecule has 22 heavy (non-hydrogen) atoms. The Hall–Kier alpha value is -1.43. The van der Waals surface area contributed by atoms with Gasteiger partial charge in [0.1, 0.15) is 6.10 Å². The summed E-state index contributed by atoms with van der Waals surface area (Å²) in [6.45, 7) is 0.261. The largest absolute Gasteiger partial charge is 0.382 e. The van der Waals surface area contributed by atoms with E-state index in [0.29, 0.717) is 12.3 Å². The average molecular weight is 306 g/mol. The molecule has 0 aromatic heterocycles. The number of amides is 1. The molecule has 1 aromatic rings. The topological polar surface area (TPSA) is 84.6 Å². The number of nitrogens with one attached hydrogen (secondary N) is 1. The Bertz CT molecular complexity index is 446. The summed E-state index contributed by atoms with van der Waals surface area (Å²) in [6, 6.07) is 8.97. The third kappa shape index (κ3) is 5.40. The van der Waals surface area contributed by atoms with E-state index in [1.165, 1.54) is 19.3 Å². The van der Waals surface area contributed by atoms with Gasteiger partial charge in [0.25, 0.3) is 5.91 Å². The van der Waals surface area contributed by atoms with Crippen LogP contribution in [0.4, 0.5) is 0 Å². The van der Waals surface area contributed by atoms with Crippen LogP contribution in [0.25, 0.3) is 0 Å². The summed E-state index contributed by atoms with van der Waals surface area (Å²) in [5, 5.41) is 10.00. The van der Waals surface area contributed by atoms with Gasteiger partial charge in [0.05, 0.1) is 6.61 Å². The summed E-state index contributed by atoms with van der Waals surface area (Å²) >= 11 is 0. The van der Waals surface area contributed by atoms with Crippen molar-refractivity contribution in [1.82, 2.24) is 5.48 Å². The first-order valence-corrected chi connectivity index (χ1v) is 8.06. The van der Waals surface area contributed by atoms with Gasteiger partial charge in [-0.05, 0) is 17.9 Å². The molecule has 1 fully saturated rings. The third-order valence-electron chi connectivity index (χ3n) is 4.26. The standard InChI is InChI=1S/C17H26N2O3/c18-15(11-13-7-3-1-4-8-13)16(20)17(21)19-22-12-14-9-5-2-6-10-14/h2,5-6,9-10,13,15-16,20H,1,3-4,7-8,11-12,18H2,(H,19,21). The van der Waals surface area contributed by atoms with Crippen LogP contribution in [0.15, 0.2) is 30.3 Å². The Labute approximate surface area is 131 Å². The third-order valence-corrected chi connectivity index (χ3v) is 4.26. The maximum absolute atomic E-state index is 11.9. The van der Waals surface area contributed by atoms with E-state index in [1.807, 2.05) is 30.3 Å². The molecule has 122 valence electrons. The molecule has 1 aromatic carbocycles. The average Bonchev–Trinajstić information content (AvgIpc) is 2.56. The highest BCUT2D eigenvalue weighted by Gasteiger charge is 2.26. The highest BCUT2D eigenvalue weighted by atomic mass is 16.7. The maximum Gasteiger partial charge on any atom is 0.273 e. The number of carbonyl (C=O) groups excluding carboxylic acids is 1. The molecular formula is C17H26N2O3. The summed E-state index contributed by atoms with van der Waals surface area (Å²) in [5.74, 6) is -0.0457. The lowest BCUT2D eigenvalue weighted by atomic mass is 9.84. The van der Waals surface area contributed by atoms with Crippen molar-refractivity contribution in [3.05, 3.63) is 35.9 Å². The van der Waals surface area contributed by atoms with Gasteiger partial charge in [0.2, 0.25) is 0 Å². The normalized spacial score (nSPS) is 18.6. The Balaban J connectivity index is 1.69. The molecule has 1 aliphatic carbocycles.